The van der Waals surface area contributed by atoms with Crippen LogP contribution >= 0.6 is 0 Å². The van der Waals surface area contributed by atoms with Crippen LogP contribution in [0.4, 0.5) is 33.2 Å². The summed E-state index contributed by atoms with van der Waals surface area (Å²) in [6.07, 6.45) is 10.6. The average Bonchev–Trinajstić information content (AvgIpc) is 3.41. The molecule has 13 heteroatoms. The highest BCUT2D eigenvalue weighted by Crippen LogP contribution is 2.28. The van der Waals surface area contributed by atoms with E-state index in [0.29, 0.717) is 23.0 Å². The summed E-state index contributed by atoms with van der Waals surface area (Å²) in [5, 5.41) is 27.4. The second kappa shape index (κ2) is 12.2. The molecule has 0 radical (unpaired) electrons. The standard InChI is InChI=1S/C29H35FN10O2/c30-21-15-32-13-12-22(21)37-29(42)24-16-33-28-23(14-27(39-40(24)28)35-18-6-4-17(31)5-7-18)36-26-3-1-2-25(38-26)34-19-8-10-20(41)11-9-19/h1-3,12-20,41H,4-11,31H2,(H,35,39)(H,32,37,42)(H2,34,36,38). The van der Waals surface area contributed by atoms with Gasteiger partial charge in [0, 0.05) is 30.4 Å². The molecule has 4 aromatic rings. The minimum atomic E-state index is -0.642. The number of carbonyl (C=O) groups is 1. The number of nitrogens with two attached hydrogens (primary N) is 1. The number of nitrogens with one attached hydrogen (secondary N) is 4. The van der Waals surface area contributed by atoms with Gasteiger partial charge in [-0.15, -0.1) is 5.10 Å². The van der Waals surface area contributed by atoms with E-state index in [9.17, 15) is 14.3 Å². The van der Waals surface area contributed by atoms with Crippen molar-refractivity contribution in [3.63, 3.8) is 0 Å². The Morgan fingerprint density at radius 1 is 0.929 bits per heavy atom. The summed E-state index contributed by atoms with van der Waals surface area (Å²) in [6, 6.07) is 9.56. The number of hydrogen-bond acceptors (Lipinski definition) is 10. The molecule has 0 spiro atoms. The van der Waals surface area contributed by atoms with E-state index in [4.69, 9.17) is 10.7 Å². The molecule has 0 unspecified atom stereocenters. The molecule has 2 fully saturated rings. The molecule has 1 amide bonds. The molecule has 2 saturated carbocycles. The fourth-order valence-electron chi connectivity index (χ4n) is 5.57. The van der Waals surface area contributed by atoms with Crippen molar-refractivity contribution >= 4 is 40.4 Å². The molecule has 7 N–H and O–H groups in total. The number of carbonyl (C=O) groups excluding carboxylic acids is 1. The summed E-state index contributed by atoms with van der Waals surface area (Å²) in [5.41, 5.74) is 7.26. The zero-order valence-corrected chi connectivity index (χ0v) is 23.1. The molecule has 4 aromatic heterocycles. The number of aromatic nitrogens is 5. The smallest absolute Gasteiger partial charge is 0.276 e. The van der Waals surface area contributed by atoms with Gasteiger partial charge in [-0.2, -0.15) is 0 Å². The van der Waals surface area contributed by atoms with Gasteiger partial charge in [-0.3, -0.25) is 9.78 Å². The Bertz CT molecular complexity index is 1550. The van der Waals surface area contributed by atoms with Gasteiger partial charge in [-0.1, -0.05) is 6.07 Å². The Kier molecular flexibility index (Phi) is 8.11. The van der Waals surface area contributed by atoms with Crippen LogP contribution in [0.25, 0.3) is 5.65 Å². The zero-order valence-electron chi connectivity index (χ0n) is 23.1. The van der Waals surface area contributed by atoms with E-state index < -0.39 is 11.7 Å². The van der Waals surface area contributed by atoms with Crippen molar-refractivity contribution in [1.82, 2.24) is 24.6 Å². The van der Waals surface area contributed by atoms with Crippen molar-refractivity contribution in [3.05, 3.63) is 60.4 Å². The van der Waals surface area contributed by atoms with Crippen LogP contribution in [-0.2, 0) is 0 Å². The zero-order chi connectivity index (χ0) is 29.1. The number of amides is 1. The number of aliphatic hydroxyl groups excluding tert-OH is 1. The van der Waals surface area contributed by atoms with Gasteiger partial charge >= 0.3 is 0 Å². The molecule has 42 heavy (non-hydrogen) atoms. The molecule has 0 aromatic carbocycles. The van der Waals surface area contributed by atoms with E-state index in [1.807, 2.05) is 24.3 Å². The van der Waals surface area contributed by atoms with Crippen molar-refractivity contribution in [2.45, 2.75) is 75.6 Å². The fourth-order valence-corrected chi connectivity index (χ4v) is 5.57. The first-order valence-electron chi connectivity index (χ1n) is 14.4. The van der Waals surface area contributed by atoms with Crippen LogP contribution in [0.15, 0.2) is 48.9 Å². The average molecular weight is 575 g/mol. The lowest BCUT2D eigenvalue weighted by Crippen LogP contribution is -2.33. The second-order valence-corrected chi connectivity index (χ2v) is 11.1. The maximum Gasteiger partial charge on any atom is 0.276 e. The molecular weight excluding hydrogens is 539 g/mol. The van der Waals surface area contributed by atoms with Gasteiger partial charge < -0.3 is 32.1 Å². The summed E-state index contributed by atoms with van der Waals surface area (Å²) in [7, 11) is 0. The van der Waals surface area contributed by atoms with Crippen molar-refractivity contribution < 1.29 is 14.3 Å². The molecule has 0 bridgehead atoms. The molecule has 6 rings (SSSR count). The Morgan fingerprint density at radius 3 is 2.40 bits per heavy atom. The van der Waals surface area contributed by atoms with E-state index in [0.717, 1.165) is 63.4 Å². The predicted molar refractivity (Wildman–Crippen MR) is 158 cm³/mol. The predicted octanol–water partition coefficient (Wildman–Crippen LogP) is 4.05. The largest absolute Gasteiger partial charge is 0.393 e. The molecular formula is C29H35FN10O2. The van der Waals surface area contributed by atoms with Crippen LogP contribution in [0.1, 0.15) is 61.9 Å². The molecule has 220 valence electrons. The quantitative estimate of drug-likeness (QED) is 0.181. The monoisotopic (exact) mass is 574 g/mol. The highest BCUT2D eigenvalue weighted by atomic mass is 19.1. The number of hydrogen-bond donors (Lipinski definition) is 6. The highest BCUT2D eigenvalue weighted by Gasteiger charge is 2.23. The third kappa shape index (κ3) is 6.42. The third-order valence-corrected chi connectivity index (χ3v) is 7.91. The first kappa shape index (κ1) is 27.8. The number of anilines is 5. The van der Waals surface area contributed by atoms with Crippen molar-refractivity contribution in [2.75, 3.05) is 21.3 Å². The Morgan fingerprint density at radius 2 is 1.64 bits per heavy atom. The van der Waals surface area contributed by atoms with E-state index in [1.54, 1.807) is 0 Å². The van der Waals surface area contributed by atoms with Gasteiger partial charge in [-0.05, 0) is 69.6 Å². The molecule has 4 heterocycles. The Hall–Kier alpha value is -4.36. The van der Waals surface area contributed by atoms with Crippen LogP contribution in [-0.4, -0.2) is 59.8 Å². The molecule has 0 aliphatic heterocycles. The van der Waals surface area contributed by atoms with Gasteiger partial charge in [0.25, 0.3) is 5.91 Å². The van der Waals surface area contributed by atoms with Crippen LogP contribution in [0.5, 0.6) is 0 Å². The van der Waals surface area contributed by atoms with Crippen LogP contribution in [0.2, 0.25) is 0 Å². The lowest BCUT2D eigenvalue weighted by Gasteiger charge is -2.27. The maximum absolute atomic E-state index is 14.2. The van der Waals surface area contributed by atoms with Crippen molar-refractivity contribution in [1.29, 1.82) is 0 Å². The summed E-state index contributed by atoms with van der Waals surface area (Å²) in [4.78, 5) is 26.2. The van der Waals surface area contributed by atoms with Crippen LogP contribution in [0, 0.1) is 5.82 Å². The summed E-state index contributed by atoms with van der Waals surface area (Å²) >= 11 is 0. The molecule has 12 nitrogen and oxygen atoms in total. The first-order valence-corrected chi connectivity index (χ1v) is 14.4. The van der Waals surface area contributed by atoms with E-state index >= 15 is 0 Å². The maximum atomic E-state index is 14.2. The summed E-state index contributed by atoms with van der Waals surface area (Å²) in [5.74, 6) is 0.672. The molecule has 2 aliphatic carbocycles. The van der Waals surface area contributed by atoms with Crippen LogP contribution in [0.3, 0.4) is 0 Å². The van der Waals surface area contributed by atoms with Gasteiger partial charge in [0.05, 0.1) is 29.9 Å². The van der Waals surface area contributed by atoms with E-state index in [1.165, 1.54) is 23.0 Å². The molecule has 0 saturated heterocycles. The van der Waals surface area contributed by atoms with Crippen molar-refractivity contribution in [3.8, 4) is 0 Å². The first-order chi connectivity index (χ1) is 20.4. The topological polar surface area (TPSA) is 167 Å². The van der Waals surface area contributed by atoms with E-state index in [-0.39, 0.29) is 35.6 Å². The lowest BCUT2D eigenvalue weighted by atomic mass is 9.92. The number of pyridine rings is 2. The minimum absolute atomic E-state index is 0.0112. The molecule has 2 aliphatic rings. The minimum Gasteiger partial charge on any atom is -0.393 e. The number of rotatable bonds is 8. The third-order valence-electron chi connectivity index (χ3n) is 7.91. The number of nitrogens with zero attached hydrogens (tertiary/aromatic N) is 5. The van der Waals surface area contributed by atoms with Gasteiger partial charge in [-0.25, -0.2) is 18.9 Å². The number of aliphatic hydroxyl groups is 1. The van der Waals surface area contributed by atoms with Gasteiger partial charge in [0.2, 0.25) is 0 Å². The normalized spacial score (nSPS) is 22.5. The number of halogens is 1. The lowest BCUT2D eigenvalue weighted by molar-refractivity contribution is 0.102. The SMILES string of the molecule is NC1CCC(Nc2cc(Nc3cccc(NC4CCC(O)CC4)n3)c3ncc(C(=O)Nc4ccncc4F)n3n2)CC1. The van der Waals surface area contributed by atoms with Gasteiger partial charge in [0.1, 0.15) is 17.5 Å². The molecule has 0 atom stereocenters. The van der Waals surface area contributed by atoms with Crippen LogP contribution < -0.4 is 27.0 Å². The Labute approximate surface area is 242 Å². The van der Waals surface area contributed by atoms with E-state index in [2.05, 4.69) is 36.3 Å². The Balaban J connectivity index is 1.29. The number of fused-ring (bicyclic) bond motifs is 1. The summed E-state index contributed by atoms with van der Waals surface area (Å²) in [6.45, 7) is 0. The second-order valence-electron chi connectivity index (χ2n) is 11.1. The number of imidazole rings is 1. The van der Waals surface area contributed by atoms with Crippen molar-refractivity contribution in [2.24, 2.45) is 5.73 Å². The summed E-state index contributed by atoms with van der Waals surface area (Å²) < 4.78 is 15.6. The van der Waals surface area contributed by atoms with Gasteiger partial charge in [0.15, 0.2) is 17.2 Å². The highest BCUT2D eigenvalue weighted by molar-refractivity contribution is 6.03. The fraction of sp³-hybridized carbons (Fsp3) is 0.414.